The van der Waals surface area contributed by atoms with E-state index in [-0.39, 0.29) is 25.0 Å². The van der Waals surface area contributed by atoms with Crippen LogP contribution in [0, 0.1) is 12.3 Å². The number of rotatable bonds is 3. The second-order valence-corrected chi connectivity index (χ2v) is 7.37. The third-order valence-electron chi connectivity index (χ3n) is 5.62. The minimum Gasteiger partial charge on any atom is -0.493 e. The van der Waals surface area contributed by atoms with Gasteiger partial charge in [0.05, 0.1) is 18.6 Å². The molecule has 0 radical (unpaired) electrons. The molecular weight excluding hydrogens is 350 g/mol. The lowest BCUT2D eigenvalue weighted by Gasteiger charge is -2.37. The Hall–Kier alpha value is -2.87. The number of benzene rings is 1. The van der Waals surface area contributed by atoms with Crippen LogP contribution in [0.1, 0.15) is 17.0 Å². The Bertz CT molecular complexity index is 1010. The summed E-state index contributed by atoms with van der Waals surface area (Å²) in [6.07, 6.45) is 1.39. The highest BCUT2D eigenvalue weighted by Crippen LogP contribution is 2.49. The zero-order chi connectivity index (χ0) is 19.2. The number of aliphatic hydroxyl groups excluding tert-OH is 1. The number of nitrogens with zero attached hydrogens (tertiary/aromatic N) is 2. The lowest BCUT2D eigenvalue weighted by molar-refractivity contribution is -0.131. The first kappa shape index (κ1) is 17.5. The van der Waals surface area contributed by atoms with Crippen LogP contribution in [0.25, 0.3) is 0 Å². The molecule has 142 valence electrons. The van der Waals surface area contributed by atoms with Gasteiger partial charge in [0.15, 0.2) is 0 Å². The van der Waals surface area contributed by atoms with E-state index in [0.29, 0.717) is 25.3 Å². The van der Waals surface area contributed by atoms with Crippen molar-refractivity contribution in [2.45, 2.75) is 19.4 Å². The van der Waals surface area contributed by atoms with Crippen LogP contribution in [-0.2, 0) is 11.3 Å². The van der Waals surface area contributed by atoms with Gasteiger partial charge in [0, 0.05) is 30.8 Å². The summed E-state index contributed by atoms with van der Waals surface area (Å²) in [5.41, 5.74) is -0.252. The molecule has 3 heterocycles. The summed E-state index contributed by atoms with van der Waals surface area (Å²) in [6, 6.07) is 7.67. The smallest absolute Gasteiger partial charge is 0.328 e. The summed E-state index contributed by atoms with van der Waals surface area (Å²) < 4.78 is 7.04. The van der Waals surface area contributed by atoms with Crippen LogP contribution < -0.4 is 16.0 Å². The van der Waals surface area contributed by atoms with Crippen molar-refractivity contribution < 1.29 is 14.6 Å². The number of aryl methyl sites for hydroxylation is 1. The van der Waals surface area contributed by atoms with E-state index >= 15 is 0 Å². The average Bonchev–Trinajstić information content (AvgIpc) is 3.07. The van der Waals surface area contributed by atoms with E-state index in [4.69, 9.17) is 4.74 Å². The highest BCUT2D eigenvalue weighted by molar-refractivity contribution is 5.76. The van der Waals surface area contributed by atoms with Crippen LogP contribution in [0.3, 0.4) is 0 Å². The number of para-hydroxylation sites is 1. The van der Waals surface area contributed by atoms with Gasteiger partial charge in [-0.1, -0.05) is 18.2 Å². The number of aliphatic hydroxyl groups is 1. The Morgan fingerprint density at radius 3 is 2.93 bits per heavy atom. The van der Waals surface area contributed by atoms with Gasteiger partial charge >= 0.3 is 5.69 Å². The molecule has 0 spiro atoms. The van der Waals surface area contributed by atoms with Crippen LogP contribution in [0.4, 0.5) is 0 Å². The Labute approximate surface area is 155 Å². The fraction of sp³-hybridized carbons (Fsp3) is 0.421. The molecule has 4 rings (SSSR count). The molecule has 0 bridgehead atoms. The predicted molar refractivity (Wildman–Crippen MR) is 96.8 cm³/mol. The number of amides is 1. The van der Waals surface area contributed by atoms with Crippen LogP contribution in [0.5, 0.6) is 5.75 Å². The summed E-state index contributed by atoms with van der Waals surface area (Å²) in [4.78, 5) is 40.1. The fourth-order valence-corrected chi connectivity index (χ4v) is 4.04. The first-order chi connectivity index (χ1) is 12.9. The van der Waals surface area contributed by atoms with Crippen LogP contribution in [0.15, 0.2) is 40.1 Å². The zero-order valence-corrected chi connectivity index (χ0v) is 15.0. The van der Waals surface area contributed by atoms with Crippen molar-refractivity contribution in [1.82, 2.24) is 14.5 Å². The number of carbonyl (C=O) groups excluding carboxylic acids is 1. The van der Waals surface area contributed by atoms with E-state index < -0.39 is 16.7 Å². The highest BCUT2D eigenvalue weighted by atomic mass is 16.5. The molecule has 1 saturated heterocycles. The Morgan fingerprint density at radius 2 is 2.15 bits per heavy atom. The molecule has 2 aliphatic heterocycles. The normalized spacial score (nSPS) is 23.5. The Morgan fingerprint density at radius 1 is 1.37 bits per heavy atom. The summed E-state index contributed by atoms with van der Waals surface area (Å²) in [7, 11) is 0. The number of likely N-dealkylation sites (tertiary alicyclic amines) is 1. The van der Waals surface area contributed by atoms with Gasteiger partial charge in [0.2, 0.25) is 5.91 Å². The predicted octanol–water partition coefficient (Wildman–Crippen LogP) is -0.158. The van der Waals surface area contributed by atoms with Crippen molar-refractivity contribution in [3.05, 3.63) is 62.4 Å². The number of ether oxygens (including phenoxy) is 1. The van der Waals surface area contributed by atoms with E-state index in [1.54, 1.807) is 11.8 Å². The minimum atomic E-state index is -0.610. The maximum Gasteiger partial charge on any atom is 0.328 e. The summed E-state index contributed by atoms with van der Waals surface area (Å²) >= 11 is 0. The molecule has 1 aromatic heterocycles. The van der Waals surface area contributed by atoms with Gasteiger partial charge in [-0.15, -0.1) is 0 Å². The number of hydrogen-bond donors (Lipinski definition) is 2. The molecule has 0 unspecified atom stereocenters. The van der Waals surface area contributed by atoms with Gasteiger partial charge < -0.3 is 14.7 Å². The molecule has 1 fully saturated rings. The first-order valence-corrected chi connectivity index (χ1v) is 8.84. The maximum atomic E-state index is 12.8. The van der Waals surface area contributed by atoms with Gasteiger partial charge in [-0.25, -0.2) is 4.79 Å². The van der Waals surface area contributed by atoms with Gasteiger partial charge in [-0.3, -0.25) is 19.1 Å². The van der Waals surface area contributed by atoms with Crippen molar-refractivity contribution in [1.29, 1.82) is 0 Å². The van der Waals surface area contributed by atoms with Crippen LogP contribution >= 0.6 is 0 Å². The highest BCUT2D eigenvalue weighted by Gasteiger charge is 2.51. The number of H-pyrrole nitrogens is 1. The van der Waals surface area contributed by atoms with Crippen LogP contribution in [-0.4, -0.2) is 51.8 Å². The Balaban J connectivity index is 1.60. The SMILES string of the molecule is Cc1cn(CC(=O)N2C[C@@H]3c4ccccc4OC[C@]3(CO)C2)c(=O)[nH]c1=O. The minimum absolute atomic E-state index is 0.0227. The van der Waals surface area contributed by atoms with Gasteiger partial charge in [-0.05, 0) is 18.6 Å². The molecule has 8 nitrogen and oxygen atoms in total. The first-order valence-electron chi connectivity index (χ1n) is 8.84. The number of fused-ring (bicyclic) bond motifs is 3. The third kappa shape index (κ3) is 2.86. The number of hydrogen-bond acceptors (Lipinski definition) is 5. The van der Waals surface area contributed by atoms with E-state index in [1.165, 1.54) is 10.8 Å². The molecule has 2 aliphatic rings. The molecule has 2 atom stereocenters. The topological polar surface area (TPSA) is 105 Å². The molecule has 2 aromatic rings. The lowest BCUT2D eigenvalue weighted by Crippen LogP contribution is -2.43. The summed E-state index contributed by atoms with van der Waals surface area (Å²) in [6.45, 7) is 2.49. The number of aromatic amines is 1. The zero-order valence-electron chi connectivity index (χ0n) is 15.0. The molecule has 0 aliphatic carbocycles. The number of carbonyl (C=O) groups is 1. The monoisotopic (exact) mass is 371 g/mol. The molecule has 27 heavy (non-hydrogen) atoms. The van der Waals surface area contributed by atoms with E-state index in [0.717, 1.165) is 11.3 Å². The summed E-state index contributed by atoms with van der Waals surface area (Å²) in [5.74, 6) is 0.530. The van der Waals surface area contributed by atoms with Crippen molar-refractivity contribution in [2.24, 2.45) is 5.41 Å². The van der Waals surface area contributed by atoms with Crippen molar-refractivity contribution >= 4 is 5.91 Å². The van der Waals surface area contributed by atoms with Crippen LogP contribution in [0.2, 0.25) is 0 Å². The molecular formula is C19H21N3O5. The van der Waals surface area contributed by atoms with Crippen molar-refractivity contribution in [3.63, 3.8) is 0 Å². The lowest BCUT2D eigenvalue weighted by atomic mass is 9.74. The molecule has 8 heteroatoms. The van der Waals surface area contributed by atoms with Gasteiger partial charge in [0.1, 0.15) is 12.3 Å². The number of aromatic nitrogens is 2. The quantitative estimate of drug-likeness (QED) is 0.780. The van der Waals surface area contributed by atoms with Crippen molar-refractivity contribution in [2.75, 3.05) is 26.3 Å². The van der Waals surface area contributed by atoms with E-state index in [9.17, 15) is 19.5 Å². The van der Waals surface area contributed by atoms with Crippen molar-refractivity contribution in [3.8, 4) is 5.75 Å². The molecule has 1 aromatic carbocycles. The third-order valence-corrected chi connectivity index (χ3v) is 5.62. The van der Waals surface area contributed by atoms with E-state index in [1.807, 2.05) is 24.3 Å². The second-order valence-electron chi connectivity index (χ2n) is 7.37. The van der Waals surface area contributed by atoms with Gasteiger partial charge in [0.25, 0.3) is 5.56 Å². The molecule has 2 N–H and O–H groups in total. The average molecular weight is 371 g/mol. The Kier molecular flexibility index (Phi) is 4.15. The second kappa shape index (κ2) is 6.38. The summed E-state index contributed by atoms with van der Waals surface area (Å²) in [5, 5.41) is 10.1. The largest absolute Gasteiger partial charge is 0.493 e. The fourth-order valence-electron chi connectivity index (χ4n) is 4.04. The standard InChI is InChI=1S/C19H21N3O5/c1-12-6-21(18(26)20-17(12)25)8-16(24)22-7-14-13-4-2-3-5-15(13)27-11-19(14,9-22)10-23/h2-6,14,23H,7-11H2,1H3,(H,20,25,26)/t14-,19-/m1/s1. The van der Waals surface area contributed by atoms with Gasteiger partial charge in [-0.2, -0.15) is 0 Å². The molecule has 0 saturated carbocycles. The maximum absolute atomic E-state index is 12.8. The molecule has 1 amide bonds. The van der Waals surface area contributed by atoms with E-state index in [2.05, 4.69) is 4.98 Å². The number of nitrogens with one attached hydrogen (secondary N) is 1.